The van der Waals surface area contributed by atoms with Crippen LogP contribution in [0.2, 0.25) is 25.7 Å². The summed E-state index contributed by atoms with van der Waals surface area (Å²) in [6.07, 6.45) is -1.17. The Labute approximate surface area is 140 Å². The van der Waals surface area contributed by atoms with E-state index in [1.54, 1.807) is 24.3 Å². The Kier molecular flexibility index (Phi) is 5.37. The van der Waals surface area contributed by atoms with Gasteiger partial charge in [0.2, 0.25) is 10.0 Å². The van der Waals surface area contributed by atoms with E-state index in [1.165, 1.54) is 4.31 Å². The fourth-order valence-electron chi connectivity index (χ4n) is 3.05. The molecule has 0 amide bonds. The molecule has 0 spiro atoms. The third-order valence-electron chi connectivity index (χ3n) is 4.17. The van der Waals surface area contributed by atoms with Crippen molar-refractivity contribution in [1.82, 2.24) is 4.31 Å². The predicted octanol–water partition coefficient (Wildman–Crippen LogP) is 1.82. The standard InChI is InChI=1S/C16H27NO4SSi/c1-12-5-7-14(8-6-12)22(20,21)17-10-13(18)9-15(17)16(19)11-23(2,3)4/h5-8,13,15-16,18-19H,9-11H2,1-4H3/t13-,15-,16+/m1/s1. The first kappa shape index (κ1) is 18.6. The average Bonchev–Trinajstić information content (AvgIpc) is 2.80. The van der Waals surface area contributed by atoms with E-state index in [1.807, 2.05) is 6.92 Å². The van der Waals surface area contributed by atoms with Gasteiger partial charge < -0.3 is 10.2 Å². The van der Waals surface area contributed by atoms with Crippen molar-refractivity contribution in [3.8, 4) is 0 Å². The minimum atomic E-state index is -3.71. The van der Waals surface area contributed by atoms with Crippen molar-refractivity contribution in [3.05, 3.63) is 29.8 Å². The minimum absolute atomic E-state index is 0.0453. The van der Waals surface area contributed by atoms with E-state index in [-0.39, 0.29) is 17.9 Å². The van der Waals surface area contributed by atoms with E-state index in [0.29, 0.717) is 6.04 Å². The molecule has 0 unspecified atom stereocenters. The maximum atomic E-state index is 12.9. The van der Waals surface area contributed by atoms with Crippen molar-refractivity contribution in [2.45, 2.75) is 62.2 Å². The molecule has 130 valence electrons. The smallest absolute Gasteiger partial charge is 0.243 e. The Hall–Kier alpha value is -0.733. The molecule has 23 heavy (non-hydrogen) atoms. The lowest BCUT2D eigenvalue weighted by Gasteiger charge is -2.30. The summed E-state index contributed by atoms with van der Waals surface area (Å²) in [4.78, 5) is 0.211. The highest BCUT2D eigenvalue weighted by Crippen LogP contribution is 2.31. The second kappa shape index (κ2) is 6.64. The summed E-state index contributed by atoms with van der Waals surface area (Å²) in [5.74, 6) is 0. The van der Waals surface area contributed by atoms with E-state index in [9.17, 15) is 18.6 Å². The van der Waals surface area contributed by atoms with Crippen molar-refractivity contribution in [1.29, 1.82) is 0 Å². The molecule has 1 fully saturated rings. The number of benzene rings is 1. The van der Waals surface area contributed by atoms with Crippen LogP contribution in [0.5, 0.6) is 0 Å². The second-order valence-corrected chi connectivity index (χ2v) is 15.1. The zero-order chi connectivity index (χ0) is 17.4. The molecule has 2 N–H and O–H groups in total. The van der Waals surface area contributed by atoms with Gasteiger partial charge in [0, 0.05) is 14.6 Å². The second-order valence-electron chi connectivity index (χ2n) is 7.68. The summed E-state index contributed by atoms with van der Waals surface area (Å²) in [5.41, 5.74) is 0.987. The molecule has 1 aromatic carbocycles. The largest absolute Gasteiger partial charge is 0.392 e. The van der Waals surface area contributed by atoms with Gasteiger partial charge in [-0.25, -0.2) is 8.42 Å². The van der Waals surface area contributed by atoms with E-state index >= 15 is 0 Å². The first-order valence-corrected chi connectivity index (χ1v) is 13.1. The summed E-state index contributed by atoms with van der Waals surface area (Å²) in [6.45, 7) is 8.36. The maximum Gasteiger partial charge on any atom is 0.243 e. The van der Waals surface area contributed by atoms with Crippen LogP contribution in [0.3, 0.4) is 0 Å². The van der Waals surface area contributed by atoms with Crippen LogP contribution in [0.15, 0.2) is 29.2 Å². The Balaban J connectivity index is 2.29. The van der Waals surface area contributed by atoms with Crippen LogP contribution in [-0.2, 0) is 10.0 Å². The van der Waals surface area contributed by atoms with Crippen LogP contribution < -0.4 is 0 Å². The number of aliphatic hydroxyl groups excluding tert-OH is 2. The van der Waals surface area contributed by atoms with E-state index < -0.39 is 36.3 Å². The fourth-order valence-corrected chi connectivity index (χ4v) is 6.28. The number of rotatable bonds is 5. The Morgan fingerprint density at radius 3 is 2.35 bits per heavy atom. The van der Waals surface area contributed by atoms with Crippen molar-refractivity contribution in [2.24, 2.45) is 0 Å². The van der Waals surface area contributed by atoms with Crippen molar-refractivity contribution in [3.63, 3.8) is 0 Å². The molecular weight excluding hydrogens is 330 g/mol. The number of aliphatic hydroxyl groups is 2. The van der Waals surface area contributed by atoms with Gasteiger partial charge in [-0.3, -0.25) is 0 Å². The average molecular weight is 358 g/mol. The number of β-amino-alcohol motifs (C(OH)–C–C–N with tert-alkyl or cyclic N) is 1. The van der Waals surface area contributed by atoms with Gasteiger partial charge in [0.05, 0.1) is 23.1 Å². The predicted molar refractivity (Wildman–Crippen MR) is 93.6 cm³/mol. The van der Waals surface area contributed by atoms with Crippen LogP contribution in [0.1, 0.15) is 12.0 Å². The van der Waals surface area contributed by atoms with Gasteiger partial charge in [-0.05, 0) is 31.5 Å². The van der Waals surface area contributed by atoms with Gasteiger partial charge in [-0.2, -0.15) is 4.31 Å². The highest BCUT2D eigenvalue weighted by Gasteiger charge is 2.43. The molecule has 2 rings (SSSR count). The highest BCUT2D eigenvalue weighted by atomic mass is 32.2. The zero-order valence-electron chi connectivity index (χ0n) is 14.2. The van der Waals surface area contributed by atoms with Crippen LogP contribution in [-0.4, -0.2) is 55.8 Å². The molecular formula is C16H27NO4SSi. The van der Waals surface area contributed by atoms with E-state index in [0.717, 1.165) is 5.56 Å². The lowest BCUT2D eigenvalue weighted by Crippen LogP contribution is -2.45. The van der Waals surface area contributed by atoms with Crippen molar-refractivity contribution >= 4 is 18.1 Å². The quantitative estimate of drug-likeness (QED) is 0.788. The number of sulfonamides is 1. The summed E-state index contributed by atoms with van der Waals surface area (Å²) < 4.78 is 27.1. The van der Waals surface area contributed by atoms with E-state index in [2.05, 4.69) is 19.6 Å². The third-order valence-corrected chi connectivity index (χ3v) is 7.72. The van der Waals surface area contributed by atoms with E-state index in [4.69, 9.17) is 0 Å². The number of aryl methyl sites for hydroxylation is 1. The van der Waals surface area contributed by atoms with Crippen molar-refractivity contribution in [2.75, 3.05) is 6.54 Å². The summed E-state index contributed by atoms with van der Waals surface area (Å²) in [7, 11) is -5.25. The SMILES string of the molecule is Cc1ccc(S(=O)(=O)N2C[C@H](O)C[C@@H]2[C@@H](O)C[Si](C)(C)C)cc1. The lowest BCUT2D eigenvalue weighted by molar-refractivity contribution is 0.118. The maximum absolute atomic E-state index is 12.9. The molecule has 7 heteroatoms. The van der Waals surface area contributed by atoms with Crippen molar-refractivity contribution < 1.29 is 18.6 Å². The number of hydrogen-bond acceptors (Lipinski definition) is 4. The molecule has 5 nitrogen and oxygen atoms in total. The monoisotopic (exact) mass is 357 g/mol. The molecule has 1 saturated heterocycles. The molecule has 1 heterocycles. The molecule has 0 aliphatic carbocycles. The van der Waals surface area contributed by atoms with Gasteiger partial charge in [-0.15, -0.1) is 0 Å². The molecule has 0 radical (unpaired) electrons. The fraction of sp³-hybridized carbons (Fsp3) is 0.625. The molecule has 0 saturated carbocycles. The Bertz CT molecular complexity index is 639. The van der Waals surface area contributed by atoms with Gasteiger partial charge >= 0.3 is 0 Å². The first-order chi connectivity index (χ1) is 10.5. The van der Waals surface area contributed by atoms with Crippen LogP contribution in [0.4, 0.5) is 0 Å². The molecule has 1 aliphatic heterocycles. The first-order valence-electron chi connectivity index (χ1n) is 7.95. The Morgan fingerprint density at radius 1 is 1.26 bits per heavy atom. The molecule has 1 aromatic rings. The summed E-state index contributed by atoms with van der Waals surface area (Å²) in [5, 5.41) is 20.5. The van der Waals surface area contributed by atoms with Gasteiger partial charge in [0.15, 0.2) is 0 Å². The van der Waals surface area contributed by atoms with Gasteiger partial charge in [0.25, 0.3) is 0 Å². The molecule has 0 aromatic heterocycles. The normalized spacial score (nSPS) is 24.8. The van der Waals surface area contributed by atoms with Crippen LogP contribution >= 0.6 is 0 Å². The zero-order valence-corrected chi connectivity index (χ0v) is 16.0. The number of hydrogen-bond donors (Lipinski definition) is 2. The number of nitrogens with zero attached hydrogens (tertiary/aromatic N) is 1. The third kappa shape index (κ3) is 4.42. The summed E-state index contributed by atoms with van der Waals surface area (Å²) >= 11 is 0. The lowest BCUT2D eigenvalue weighted by atomic mass is 10.1. The topological polar surface area (TPSA) is 77.8 Å². The minimum Gasteiger partial charge on any atom is -0.392 e. The Morgan fingerprint density at radius 2 is 1.83 bits per heavy atom. The van der Waals surface area contributed by atoms with Gasteiger partial charge in [-0.1, -0.05) is 37.3 Å². The molecule has 3 atom stereocenters. The highest BCUT2D eigenvalue weighted by molar-refractivity contribution is 7.89. The molecule has 1 aliphatic rings. The van der Waals surface area contributed by atoms with Crippen LogP contribution in [0.25, 0.3) is 0 Å². The van der Waals surface area contributed by atoms with Crippen LogP contribution in [0, 0.1) is 6.92 Å². The molecule has 0 bridgehead atoms. The van der Waals surface area contributed by atoms with Gasteiger partial charge in [0.1, 0.15) is 0 Å². The summed E-state index contributed by atoms with van der Waals surface area (Å²) in [6, 6.07) is 6.74.